The average Bonchev–Trinajstić information content (AvgIpc) is 2.31. The third-order valence-corrected chi connectivity index (χ3v) is 3.41. The maximum atomic E-state index is 11.7. The Morgan fingerprint density at radius 1 is 1.44 bits per heavy atom. The number of hydrogen-bond donors (Lipinski definition) is 3. The lowest BCUT2D eigenvalue weighted by molar-refractivity contribution is -0.144. The van der Waals surface area contributed by atoms with E-state index < -0.39 is 17.5 Å². The number of aryl methyl sites for hydroxylation is 1. The number of aliphatic hydroxyl groups is 1. The summed E-state index contributed by atoms with van der Waals surface area (Å²) in [5.74, 6) is -0.931. The van der Waals surface area contributed by atoms with Gasteiger partial charge in [0.05, 0.1) is 6.10 Å². The fraction of sp³-hybridized carbons (Fsp3) is 0.500. The van der Waals surface area contributed by atoms with Crippen molar-refractivity contribution in [2.75, 3.05) is 6.54 Å². The SMILES string of the molecule is Cc1ccccc1C(CN)(CCC(C)O)C(=O)O. The second kappa shape index (κ2) is 5.98. The topological polar surface area (TPSA) is 83.5 Å². The zero-order valence-corrected chi connectivity index (χ0v) is 10.9. The van der Waals surface area contributed by atoms with Crippen LogP contribution in [0.5, 0.6) is 0 Å². The molecule has 4 nitrogen and oxygen atoms in total. The molecule has 0 spiro atoms. The van der Waals surface area contributed by atoms with Crippen LogP contribution in [0.3, 0.4) is 0 Å². The normalized spacial score (nSPS) is 16.0. The molecule has 0 aliphatic carbocycles. The smallest absolute Gasteiger partial charge is 0.315 e. The molecule has 2 atom stereocenters. The van der Waals surface area contributed by atoms with Crippen molar-refractivity contribution in [3.8, 4) is 0 Å². The Hall–Kier alpha value is -1.39. The summed E-state index contributed by atoms with van der Waals surface area (Å²) in [4.78, 5) is 11.7. The molecule has 0 radical (unpaired) electrons. The van der Waals surface area contributed by atoms with E-state index in [1.165, 1.54) is 0 Å². The van der Waals surface area contributed by atoms with Crippen LogP contribution in [-0.4, -0.2) is 28.8 Å². The van der Waals surface area contributed by atoms with Gasteiger partial charge in [0, 0.05) is 6.54 Å². The predicted octanol–water partition coefficient (Wildman–Crippen LogP) is 1.44. The summed E-state index contributed by atoms with van der Waals surface area (Å²) in [5.41, 5.74) is 6.27. The van der Waals surface area contributed by atoms with Crippen LogP contribution in [-0.2, 0) is 10.2 Å². The highest BCUT2D eigenvalue weighted by Crippen LogP contribution is 2.32. The first-order valence-electron chi connectivity index (χ1n) is 6.11. The summed E-state index contributed by atoms with van der Waals surface area (Å²) in [7, 11) is 0. The zero-order chi connectivity index (χ0) is 13.8. The van der Waals surface area contributed by atoms with E-state index in [1.54, 1.807) is 13.0 Å². The number of carboxylic acid groups (broad SMARTS) is 1. The lowest BCUT2D eigenvalue weighted by Gasteiger charge is -2.30. The minimum Gasteiger partial charge on any atom is -0.481 e. The summed E-state index contributed by atoms with van der Waals surface area (Å²) in [6, 6.07) is 7.37. The highest BCUT2D eigenvalue weighted by molar-refractivity contribution is 5.82. The van der Waals surface area contributed by atoms with Gasteiger partial charge in [0.25, 0.3) is 0 Å². The van der Waals surface area contributed by atoms with Crippen molar-refractivity contribution in [1.82, 2.24) is 0 Å². The fourth-order valence-electron chi connectivity index (χ4n) is 2.22. The molecule has 0 aliphatic heterocycles. The fourth-order valence-corrected chi connectivity index (χ4v) is 2.22. The van der Waals surface area contributed by atoms with Gasteiger partial charge in [-0.3, -0.25) is 4.79 Å². The first-order chi connectivity index (χ1) is 8.44. The molecule has 0 aromatic heterocycles. The highest BCUT2D eigenvalue weighted by Gasteiger charge is 2.39. The van der Waals surface area contributed by atoms with E-state index in [2.05, 4.69) is 0 Å². The van der Waals surface area contributed by atoms with Crippen LogP contribution < -0.4 is 5.73 Å². The van der Waals surface area contributed by atoms with Gasteiger partial charge in [0.1, 0.15) is 5.41 Å². The molecule has 4 N–H and O–H groups in total. The number of benzene rings is 1. The van der Waals surface area contributed by atoms with Crippen LogP contribution in [0.2, 0.25) is 0 Å². The van der Waals surface area contributed by atoms with Crippen LogP contribution in [0.25, 0.3) is 0 Å². The summed E-state index contributed by atoms with van der Waals surface area (Å²) in [5, 5.41) is 18.9. The first-order valence-corrected chi connectivity index (χ1v) is 6.11. The summed E-state index contributed by atoms with van der Waals surface area (Å²) in [6.45, 7) is 3.56. The van der Waals surface area contributed by atoms with E-state index in [0.29, 0.717) is 12.8 Å². The molecular weight excluding hydrogens is 230 g/mol. The van der Waals surface area contributed by atoms with Gasteiger partial charge >= 0.3 is 5.97 Å². The number of rotatable bonds is 6. The number of carboxylic acids is 1. The highest BCUT2D eigenvalue weighted by atomic mass is 16.4. The number of aliphatic carboxylic acids is 1. The monoisotopic (exact) mass is 251 g/mol. The standard InChI is InChI=1S/C14H21NO3/c1-10-5-3-4-6-12(10)14(9-15,13(17)18)8-7-11(2)16/h3-6,11,16H,7-9,15H2,1-2H3,(H,17,18). The molecular formula is C14H21NO3. The molecule has 100 valence electrons. The Morgan fingerprint density at radius 3 is 2.50 bits per heavy atom. The molecule has 2 unspecified atom stereocenters. The van der Waals surface area contributed by atoms with E-state index in [1.807, 2.05) is 25.1 Å². The van der Waals surface area contributed by atoms with E-state index in [4.69, 9.17) is 5.73 Å². The van der Waals surface area contributed by atoms with E-state index in [9.17, 15) is 15.0 Å². The van der Waals surface area contributed by atoms with Crippen LogP contribution in [0.1, 0.15) is 30.9 Å². The second-order valence-electron chi connectivity index (χ2n) is 4.79. The molecule has 0 saturated carbocycles. The van der Waals surface area contributed by atoms with Crippen molar-refractivity contribution in [3.05, 3.63) is 35.4 Å². The van der Waals surface area contributed by atoms with Gasteiger partial charge in [-0.15, -0.1) is 0 Å². The zero-order valence-electron chi connectivity index (χ0n) is 10.9. The third kappa shape index (κ3) is 2.89. The third-order valence-electron chi connectivity index (χ3n) is 3.41. The Bertz CT molecular complexity index is 417. The van der Waals surface area contributed by atoms with Crippen molar-refractivity contribution >= 4 is 5.97 Å². The van der Waals surface area contributed by atoms with E-state index >= 15 is 0 Å². The van der Waals surface area contributed by atoms with Crippen molar-refractivity contribution in [2.24, 2.45) is 5.73 Å². The molecule has 0 saturated heterocycles. The molecule has 0 amide bonds. The van der Waals surface area contributed by atoms with Gasteiger partial charge in [-0.1, -0.05) is 24.3 Å². The largest absolute Gasteiger partial charge is 0.481 e. The predicted molar refractivity (Wildman–Crippen MR) is 70.5 cm³/mol. The van der Waals surface area contributed by atoms with Crippen LogP contribution >= 0.6 is 0 Å². The molecule has 1 aromatic carbocycles. The minimum absolute atomic E-state index is 0.0277. The average molecular weight is 251 g/mol. The van der Waals surface area contributed by atoms with Gasteiger partial charge < -0.3 is 15.9 Å². The Balaban J connectivity index is 3.19. The van der Waals surface area contributed by atoms with E-state index in [0.717, 1.165) is 11.1 Å². The maximum absolute atomic E-state index is 11.7. The molecule has 0 bridgehead atoms. The van der Waals surface area contributed by atoms with Gasteiger partial charge in [-0.2, -0.15) is 0 Å². The van der Waals surface area contributed by atoms with Crippen molar-refractivity contribution in [2.45, 2.75) is 38.2 Å². The lowest BCUT2D eigenvalue weighted by atomic mass is 9.74. The number of carbonyl (C=O) groups is 1. The first kappa shape index (κ1) is 14.7. The second-order valence-corrected chi connectivity index (χ2v) is 4.79. The van der Waals surface area contributed by atoms with Crippen molar-refractivity contribution < 1.29 is 15.0 Å². The summed E-state index contributed by atoms with van der Waals surface area (Å²) >= 11 is 0. The van der Waals surface area contributed by atoms with Crippen molar-refractivity contribution in [1.29, 1.82) is 0 Å². The molecule has 4 heteroatoms. The molecule has 0 heterocycles. The molecule has 1 aromatic rings. The van der Waals surface area contributed by atoms with Crippen LogP contribution in [0.4, 0.5) is 0 Å². The molecule has 0 aliphatic rings. The van der Waals surface area contributed by atoms with Crippen molar-refractivity contribution in [3.63, 3.8) is 0 Å². The molecule has 0 fully saturated rings. The molecule has 1 rings (SSSR count). The van der Waals surface area contributed by atoms with Crippen LogP contribution in [0, 0.1) is 6.92 Å². The van der Waals surface area contributed by atoms with Gasteiger partial charge in [-0.05, 0) is 37.8 Å². The Labute approximate surface area is 107 Å². The summed E-state index contributed by atoms with van der Waals surface area (Å²) in [6.07, 6.45) is 0.221. The summed E-state index contributed by atoms with van der Waals surface area (Å²) < 4.78 is 0. The number of hydrogen-bond acceptors (Lipinski definition) is 3. The number of nitrogens with two attached hydrogens (primary N) is 1. The number of aliphatic hydroxyl groups excluding tert-OH is 1. The van der Waals surface area contributed by atoms with Gasteiger partial charge in [-0.25, -0.2) is 0 Å². The minimum atomic E-state index is -1.11. The maximum Gasteiger partial charge on any atom is 0.315 e. The Kier molecular flexibility index (Phi) is 4.87. The van der Waals surface area contributed by atoms with E-state index in [-0.39, 0.29) is 6.54 Å². The Morgan fingerprint density at radius 2 is 2.06 bits per heavy atom. The van der Waals surface area contributed by atoms with Crippen LogP contribution in [0.15, 0.2) is 24.3 Å². The molecule has 18 heavy (non-hydrogen) atoms. The lowest BCUT2D eigenvalue weighted by Crippen LogP contribution is -2.44. The van der Waals surface area contributed by atoms with Gasteiger partial charge in [0.2, 0.25) is 0 Å². The van der Waals surface area contributed by atoms with Gasteiger partial charge in [0.15, 0.2) is 0 Å². The quantitative estimate of drug-likeness (QED) is 0.714.